The van der Waals surface area contributed by atoms with Gasteiger partial charge in [0.05, 0.1) is 18.7 Å². The van der Waals surface area contributed by atoms with Gasteiger partial charge in [-0.2, -0.15) is 0 Å². The van der Waals surface area contributed by atoms with Crippen LogP contribution >= 0.6 is 11.3 Å². The van der Waals surface area contributed by atoms with E-state index < -0.39 is 0 Å². The lowest BCUT2D eigenvalue weighted by molar-refractivity contribution is 0.415. The number of aromatic nitrogens is 1. The molecule has 0 saturated heterocycles. The van der Waals surface area contributed by atoms with E-state index in [1.807, 2.05) is 29.6 Å². The third-order valence-corrected chi connectivity index (χ3v) is 3.78. The fourth-order valence-corrected chi connectivity index (χ4v) is 2.34. The third-order valence-electron chi connectivity index (χ3n) is 2.77. The molecule has 1 unspecified atom stereocenters. The van der Waals surface area contributed by atoms with E-state index in [-0.39, 0.29) is 5.92 Å². The standard InChI is InChI=1S/C14H18N4OS/c1-10(13-16-7-8-20-13)9-17-14(15)18-11-3-5-12(19-2)6-4-11/h3-8,10H,9H2,1-2H3,(H3,15,17,18). The molecular formula is C14H18N4OS. The lowest BCUT2D eigenvalue weighted by Crippen LogP contribution is -2.23. The van der Waals surface area contributed by atoms with Gasteiger partial charge < -0.3 is 15.8 Å². The van der Waals surface area contributed by atoms with Crippen LogP contribution in [0.5, 0.6) is 5.75 Å². The number of thiazole rings is 1. The normalized spacial score (nSPS) is 13.0. The molecule has 0 radical (unpaired) electrons. The van der Waals surface area contributed by atoms with Crippen LogP contribution in [0.25, 0.3) is 0 Å². The number of benzene rings is 1. The Balaban J connectivity index is 1.90. The van der Waals surface area contributed by atoms with Crippen molar-refractivity contribution in [3.05, 3.63) is 40.8 Å². The fourth-order valence-electron chi connectivity index (χ4n) is 1.65. The molecule has 5 nitrogen and oxygen atoms in total. The number of rotatable bonds is 5. The van der Waals surface area contributed by atoms with E-state index in [1.165, 1.54) is 0 Å². The third kappa shape index (κ3) is 3.96. The minimum absolute atomic E-state index is 0.270. The maximum atomic E-state index is 5.87. The summed E-state index contributed by atoms with van der Waals surface area (Å²) in [6.45, 7) is 2.70. The zero-order valence-corrected chi connectivity index (χ0v) is 12.4. The van der Waals surface area contributed by atoms with Gasteiger partial charge in [-0.15, -0.1) is 11.3 Å². The molecule has 0 bridgehead atoms. The molecule has 1 atom stereocenters. The monoisotopic (exact) mass is 290 g/mol. The summed E-state index contributed by atoms with van der Waals surface area (Å²) in [5, 5.41) is 6.09. The van der Waals surface area contributed by atoms with Crippen molar-refractivity contribution in [1.82, 2.24) is 4.98 Å². The second-order valence-corrected chi connectivity index (χ2v) is 5.28. The highest BCUT2D eigenvalue weighted by molar-refractivity contribution is 7.09. The highest BCUT2D eigenvalue weighted by Crippen LogP contribution is 2.18. The number of nitrogens with two attached hydrogens (primary N) is 1. The van der Waals surface area contributed by atoms with Crippen LogP contribution in [0.3, 0.4) is 0 Å². The number of nitrogens with one attached hydrogen (secondary N) is 1. The first-order valence-corrected chi connectivity index (χ1v) is 7.17. The molecule has 6 heteroatoms. The van der Waals surface area contributed by atoms with Crippen LogP contribution in [0.15, 0.2) is 40.8 Å². The Hall–Kier alpha value is -2.08. The van der Waals surface area contributed by atoms with E-state index in [1.54, 1.807) is 24.6 Å². The van der Waals surface area contributed by atoms with Crippen LogP contribution in [0.1, 0.15) is 17.8 Å². The van der Waals surface area contributed by atoms with E-state index >= 15 is 0 Å². The van der Waals surface area contributed by atoms with Gasteiger partial charge in [0.2, 0.25) is 0 Å². The molecule has 2 aromatic rings. The number of methoxy groups -OCH3 is 1. The lowest BCUT2D eigenvalue weighted by Gasteiger charge is -2.08. The summed E-state index contributed by atoms with van der Waals surface area (Å²) in [5.41, 5.74) is 6.75. The van der Waals surface area contributed by atoms with Gasteiger partial charge in [0.15, 0.2) is 5.96 Å². The Bertz CT molecular complexity index is 551. The van der Waals surface area contributed by atoms with Crippen molar-refractivity contribution in [1.29, 1.82) is 0 Å². The van der Waals surface area contributed by atoms with E-state index in [0.717, 1.165) is 16.4 Å². The lowest BCUT2D eigenvalue weighted by atomic mass is 10.2. The van der Waals surface area contributed by atoms with Gasteiger partial charge in [0, 0.05) is 23.2 Å². The molecule has 1 heterocycles. The van der Waals surface area contributed by atoms with Crippen molar-refractivity contribution >= 4 is 23.0 Å². The van der Waals surface area contributed by atoms with Crippen molar-refractivity contribution in [3.63, 3.8) is 0 Å². The summed E-state index contributed by atoms with van der Waals surface area (Å²) in [6.07, 6.45) is 1.80. The van der Waals surface area contributed by atoms with Gasteiger partial charge in [-0.3, -0.25) is 4.99 Å². The van der Waals surface area contributed by atoms with E-state index in [9.17, 15) is 0 Å². The molecule has 106 valence electrons. The molecule has 1 aromatic heterocycles. The number of ether oxygens (including phenoxy) is 1. The number of nitrogens with zero attached hydrogens (tertiary/aromatic N) is 2. The molecule has 0 fully saturated rings. The van der Waals surface area contributed by atoms with Gasteiger partial charge in [-0.1, -0.05) is 6.92 Å². The summed E-state index contributed by atoms with van der Waals surface area (Å²) in [7, 11) is 1.64. The Morgan fingerprint density at radius 1 is 1.45 bits per heavy atom. The number of anilines is 1. The van der Waals surface area contributed by atoms with Crippen molar-refractivity contribution in [2.45, 2.75) is 12.8 Å². The first-order valence-electron chi connectivity index (χ1n) is 6.29. The molecular weight excluding hydrogens is 272 g/mol. The second kappa shape index (κ2) is 6.91. The minimum atomic E-state index is 0.270. The molecule has 0 aliphatic rings. The highest BCUT2D eigenvalue weighted by Gasteiger charge is 2.07. The Labute approximate surface area is 122 Å². The molecule has 1 aromatic carbocycles. The molecule has 0 amide bonds. The zero-order chi connectivity index (χ0) is 14.4. The summed E-state index contributed by atoms with van der Waals surface area (Å²) in [4.78, 5) is 8.61. The van der Waals surface area contributed by atoms with Gasteiger partial charge in [0.25, 0.3) is 0 Å². The Morgan fingerprint density at radius 3 is 2.80 bits per heavy atom. The van der Waals surface area contributed by atoms with E-state index in [0.29, 0.717) is 12.5 Å². The number of hydrogen-bond acceptors (Lipinski definition) is 4. The molecule has 20 heavy (non-hydrogen) atoms. The molecule has 3 N–H and O–H groups in total. The maximum Gasteiger partial charge on any atom is 0.193 e. The minimum Gasteiger partial charge on any atom is -0.497 e. The van der Waals surface area contributed by atoms with Crippen LogP contribution in [0.2, 0.25) is 0 Å². The average Bonchev–Trinajstić information content (AvgIpc) is 3.00. The fraction of sp³-hybridized carbons (Fsp3) is 0.286. The van der Waals surface area contributed by atoms with Crippen LogP contribution in [0, 0.1) is 0 Å². The van der Waals surface area contributed by atoms with Crippen LogP contribution in [0.4, 0.5) is 5.69 Å². The molecule has 0 spiro atoms. The smallest absolute Gasteiger partial charge is 0.193 e. The molecule has 0 aliphatic carbocycles. The Kier molecular flexibility index (Phi) is 4.95. The predicted octanol–water partition coefficient (Wildman–Crippen LogP) is 2.68. The van der Waals surface area contributed by atoms with Gasteiger partial charge in [-0.05, 0) is 24.3 Å². The predicted molar refractivity (Wildman–Crippen MR) is 83.6 cm³/mol. The Morgan fingerprint density at radius 2 is 2.20 bits per heavy atom. The maximum absolute atomic E-state index is 5.87. The first-order chi connectivity index (χ1) is 9.69. The summed E-state index contributed by atoms with van der Waals surface area (Å²) in [5.74, 6) is 1.48. The van der Waals surface area contributed by atoms with Gasteiger partial charge >= 0.3 is 0 Å². The van der Waals surface area contributed by atoms with Gasteiger partial charge in [-0.25, -0.2) is 4.98 Å². The van der Waals surface area contributed by atoms with Crippen molar-refractivity contribution in [2.24, 2.45) is 10.7 Å². The SMILES string of the molecule is COc1ccc(NC(N)=NCC(C)c2nccs2)cc1. The highest BCUT2D eigenvalue weighted by atomic mass is 32.1. The van der Waals surface area contributed by atoms with E-state index in [2.05, 4.69) is 22.2 Å². The van der Waals surface area contributed by atoms with Crippen LogP contribution < -0.4 is 15.8 Å². The largest absolute Gasteiger partial charge is 0.497 e. The van der Waals surface area contributed by atoms with Gasteiger partial charge in [0.1, 0.15) is 5.75 Å². The number of hydrogen-bond donors (Lipinski definition) is 2. The quantitative estimate of drug-likeness (QED) is 0.656. The van der Waals surface area contributed by atoms with E-state index in [4.69, 9.17) is 10.5 Å². The summed E-state index contributed by atoms with van der Waals surface area (Å²) in [6, 6.07) is 7.53. The topological polar surface area (TPSA) is 72.5 Å². The molecule has 2 rings (SSSR count). The number of aliphatic imine (C=N–C) groups is 1. The average molecular weight is 290 g/mol. The molecule has 0 saturated carbocycles. The first kappa shape index (κ1) is 14.3. The van der Waals surface area contributed by atoms with Crippen molar-refractivity contribution < 1.29 is 4.74 Å². The zero-order valence-electron chi connectivity index (χ0n) is 11.5. The molecule has 0 aliphatic heterocycles. The second-order valence-electron chi connectivity index (χ2n) is 4.35. The van der Waals surface area contributed by atoms with Crippen LogP contribution in [-0.2, 0) is 0 Å². The summed E-state index contributed by atoms with van der Waals surface area (Å²) < 4.78 is 5.10. The number of guanidine groups is 1. The van der Waals surface area contributed by atoms with Crippen LogP contribution in [-0.4, -0.2) is 24.6 Å². The van der Waals surface area contributed by atoms with Crippen molar-refractivity contribution in [3.8, 4) is 5.75 Å². The van der Waals surface area contributed by atoms with Crippen molar-refractivity contribution in [2.75, 3.05) is 19.0 Å². The summed E-state index contributed by atoms with van der Waals surface area (Å²) >= 11 is 1.64.